The smallest absolute Gasteiger partial charge is 0.306 e. The van der Waals surface area contributed by atoms with Gasteiger partial charge in [-0.25, -0.2) is 4.98 Å². The number of nitrogens with zero attached hydrogens (tertiary/aromatic N) is 3. The van der Waals surface area contributed by atoms with Crippen LogP contribution in [0.5, 0.6) is 0 Å². The van der Waals surface area contributed by atoms with Crippen molar-refractivity contribution in [3.8, 4) is 6.07 Å². The first-order valence-corrected chi connectivity index (χ1v) is 11.0. The highest BCUT2D eigenvalue weighted by molar-refractivity contribution is 7.16. The van der Waals surface area contributed by atoms with Gasteiger partial charge in [0.05, 0.1) is 12.0 Å². The van der Waals surface area contributed by atoms with E-state index in [2.05, 4.69) is 47.3 Å². The highest BCUT2D eigenvalue weighted by atomic mass is 32.1. The summed E-state index contributed by atoms with van der Waals surface area (Å²) in [5.74, 6) is 0.221. The summed E-state index contributed by atoms with van der Waals surface area (Å²) >= 11 is 1.47. The number of nitrogens with one attached hydrogen (secondary N) is 2. The van der Waals surface area contributed by atoms with Crippen LogP contribution in [-0.4, -0.2) is 33.7 Å². The summed E-state index contributed by atoms with van der Waals surface area (Å²) in [5.41, 5.74) is 1.86. The van der Waals surface area contributed by atoms with E-state index in [1.165, 1.54) is 22.5 Å². The predicted octanol–water partition coefficient (Wildman–Crippen LogP) is 3.39. The summed E-state index contributed by atoms with van der Waals surface area (Å²) in [4.78, 5) is 29.2. The van der Waals surface area contributed by atoms with Crippen LogP contribution in [0, 0.1) is 22.7 Å². The van der Waals surface area contributed by atoms with E-state index in [9.17, 15) is 14.9 Å². The lowest BCUT2D eigenvalue weighted by atomic mass is 9.69. The molecular formula is C21H27N5O3S. The van der Waals surface area contributed by atoms with Gasteiger partial charge >= 0.3 is 5.97 Å². The Hall–Kier alpha value is -2.73. The summed E-state index contributed by atoms with van der Waals surface area (Å²) in [6, 6.07) is 2.25. The molecule has 0 saturated heterocycles. The number of aromatic nitrogens is 3. The van der Waals surface area contributed by atoms with E-state index in [1.54, 1.807) is 0 Å². The minimum Gasteiger partial charge on any atom is -0.456 e. The Bertz CT molecular complexity index is 943. The molecule has 1 amide bonds. The summed E-state index contributed by atoms with van der Waals surface area (Å²) < 4.78 is 5.03. The molecule has 0 aromatic carbocycles. The van der Waals surface area contributed by atoms with Crippen molar-refractivity contribution in [2.24, 2.45) is 11.3 Å². The van der Waals surface area contributed by atoms with Crippen LogP contribution in [0.15, 0.2) is 6.33 Å². The fourth-order valence-electron chi connectivity index (χ4n) is 3.70. The molecule has 2 aromatic heterocycles. The molecule has 2 heterocycles. The van der Waals surface area contributed by atoms with Crippen molar-refractivity contribution in [1.29, 1.82) is 5.26 Å². The molecule has 1 unspecified atom stereocenters. The molecule has 2 N–H and O–H groups in total. The molecular weight excluding hydrogens is 402 g/mol. The van der Waals surface area contributed by atoms with Crippen molar-refractivity contribution >= 4 is 28.2 Å². The van der Waals surface area contributed by atoms with Crippen LogP contribution in [0.25, 0.3) is 0 Å². The largest absolute Gasteiger partial charge is 0.456 e. The number of aryl methyl sites for hydroxylation is 1. The fourth-order valence-corrected chi connectivity index (χ4v) is 4.99. The molecule has 9 heteroatoms. The Labute approximate surface area is 180 Å². The normalized spacial score (nSPS) is 15.9. The Kier molecular flexibility index (Phi) is 6.87. The number of carbonyl (C=O) groups is 2. The average molecular weight is 430 g/mol. The third-order valence-electron chi connectivity index (χ3n) is 6.04. The van der Waals surface area contributed by atoms with Gasteiger partial charge in [0, 0.05) is 11.3 Å². The first-order chi connectivity index (χ1) is 14.3. The SMILES string of the molecule is CCC(C)(C)C1CCc2c(sc(NC(=O)COC(=O)CCc3ncn[nH]3)c2C#N)C1. The van der Waals surface area contributed by atoms with Gasteiger partial charge in [-0.3, -0.25) is 14.7 Å². The topological polar surface area (TPSA) is 121 Å². The maximum atomic E-state index is 12.3. The molecule has 0 bridgehead atoms. The number of rotatable bonds is 8. The minimum atomic E-state index is -0.489. The molecule has 0 fully saturated rings. The van der Waals surface area contributed by atoms with E-state index in [0.29, 0.717) is 28.7 Å². The fraction of sp³-hybridized carbons (Fsp3) is 0.571. The number of H-pyrrole nitrogens is 1. The molecule has 0 spiro atoms. The molecule has 1 aliphatic carbocycles. The summed E-state index contributed by atoms with van der Waals surface area (Å²) in [5, 5.41) is 19.3. The lowest BCUT2D eigenvalue weighted by Gasteiger charge is -2.36. The number of amides is 1. The van der Waals surface area contributed by atoms with E-state index in [-0.39, 0.29) is 18.4 Å². The Morgan fingerprint density at radius 1 is 1.47 bits per heavy atom. The van der Waals surface area contributed by atoms with Gasteiger partial charge in [-0.1, -0.05) is 27.2 Å². The lowest BCUT2D eigenvalue weighted by Crippen LogP contribution is -2.28. The van der Waals surface area contributed by atoms with Crippen LogP contribution in [0.2, 0.25) is 0 Å². The number of ether oxygens (including phenoxy) is 1. The molecule has 1 atom stereocenters. The van der Waals surface area contributed by atoms with Crippen molar-refractivity contribution in [2.75, 3.05) is 11.9 Å². The van der Waals surface area contributed by atoms with Gasteiger partial charge in [0.15, 0.2) is 6.61 Å². The van der Waals surface area contributed by atoms with Gasteiger partial charge in [0.1, 0.15) is 23.2 Å². The number of nitriles is 1. The number of aromatic amines is 1. The lowest BCUT2D eigenvalue weighted by molar-refractivity contribution is -0.147. The zero-order valence-corrected chi connectivity index (χ0v) is 18.4. The standard InChI is InChI=1S/C21H27N5O3S/c1-4-21(2,3)13-5-6-14-15(10-22)20(30-16(14)9-13)25-18(27)11-29-19(28)8-7-17-23-12-24-26-17/h12-13H,4-9,11H2,1-3H3,(H,25,27)(H,23,24,26). The average Bonchev–Trinajstić information content (AvgIpc) is 3.37. The molecule has 0 saturated carbocycles. The second-order valence-corrected chi connectivity index (χ2v) is 9.35. The number of fused-ring (bicyclic) bond motifs is 1. The zero-order valence-electron chi connectivity index (χ0n) is 17.6. The van der Waals surface area contributed by atoms with Crippen LogP contribution in [-0.2, 0) is 33.6 Å². The number of thiophene rings is 1. The van der Waals surface area contributed by atoms with Gasteiger partial charge in [-0.05, 0) is 36.2 Å². The zero-order chi connectivity index (χ0) is 21.7. The van der Waals surface area contributed by atoms with Crippen LogP contribution in [0.3, 0.4) is 0 Å². The highest BCUT2D eigenvalue weighted by Crippen LogP contribution is 2.45. The minimum absolute atomic E-state index is 0.105. The van der Waals surface area contributed by atoms with Gasteiger partial charge in [0.25, 0.3) is 5.91 Å². The highest BCUT2D eigenvalue weighted by Gasteiger charge is 2.34. The summed E-state index contributed by atoms with van der Waals surface area (Å²) in [6.07, 6.45) is 5.79. The van der Waals surface area contributed by atoms with Crippen molar-refractivity contribution in [2.45, 2.75) is 59.3 Å². The molecule has 30 heavy (non-hydrogen) atoms. The molecule has 3 rings (SSSR count). The monoisotopic (exact) mass is 429 g/mol. The summed E-state index contributed by atoms with van der Waals surface area (Å²) in [7, 11) is 0. The number of hydrogen-bond acceptors (Lipinski definition) is 7. The maximum Gasteiger partial charge on any atom is 0.306 e. The van der Waals surface area contributed by atoms with Crippen molar-refractivity contribution in [3.63, 3.8) is 0 Å². The van der Waals surface area contributed by atoms with Gasteiger partial charge in [0.2, 0.25) is 0 Å². The van der Waals surface area contributed by atoms with E-state index in [4.69, 9.17) is 4.74 Å². The van der Waals surface area contributed by atoms with E-state index >= 15 is 0 Å². The first-order valence-electron chi connectivity index (χ1n) is 10.2. The second-order valence-electron chi connectivity index (χ2n) is 8.24. The van der Waals surface area contributed by atoms with Gasteiger partial charge < -0.3 is 10.1 Å². The van der Waals surface area contributed by atoms with E-state index < -0.39 is 11.9 Å². The Balaban J connectivity index is 1.57. The van der Waals surface area contributed by atoms with Crippen LogP contribution < -0.4 is 5.32 Å². The third kappa shape index (κ3) is 5.05. The van der Waals surface area contributed by atoms with Gasteiger partial charge in [-0.2, -0.15) is 10.4 Å². The Morgan fingerprint density at radius 3 is 2.93 bits per heavy atom. The third-order valence-corrected chi connectivity index (χ3v) is 7.21. The van der Waals surface area contributed by atoms with Crippen molar-refractivity contribution < 1.29 is 14.3 Å². The van der Waals surface area contributed by atoms with Crippen LogP contribution in [0.4, 0.5) is 5.00 Å². The van der Waals surface area contributed by atoms with Crippen LogP contribution in [0.1, 0.15) is 61.9 Å². The molecule has 160 valence electrons. The Morgan fingerprint density at radius 2 is 2.27 bits per heavy atom. The molecule has 1 aliphatic rings. The molecule has 0 radical (unpaired) electrons. The number of carbonyl (C=O) groups excluding carboxylic acids is 2. The second kappa shape index (κ2) is 9.39. The van der Waals surface area contributed by atoms with Gasteiger partial charge in [-0.15, -0.1) is 11.3 Å². The van der Waals surface area contributed by atoms with E-state index in [0.717, 1.165) is 31.2 Å². The quantitative estimate of drug-likeness (QED) is 0.621. The molecule has 0 aliphatic heterocycles. The predicted molar refractivity (Wildman–Crippen MR) is 113 cm³/mol. The molecule has 2 aromatic rings. The maximum absolute atomic E-state index is 12.3. The summed E-state index contributed by atoms with van der Waals surface area (Å²) in [6.45, 7) is 6.42. The number of esters is 1. The van der Waals surface area contributed by atoms with Crippen LogP contribution >= 0.6 is 11.3 Å². The molecule has 8 nitrogen and oxygen atoms in total. The van der Waals surface area contributed by atoms with Crippen molar-refractivity contribution in [1.82, 2.24) is 15.2 Å². The van der Waals surface area contributed by atoms with E-state index in [1.807, 2.05) is 0 Å². The number of anilines is 1. The number of hydrogen-bond donors (Lipinski definition) is 2. The first kappa shape index (κ1) is 22.0. The van der Waals surface area contributed by atoms with Crippen molar-refractivity contribution in [3.05, 3.63) is 28.2 Å².